The molecule has 110 valence electrons. The molecular formula is C14H15ClN4O2. The Morgan fingerprint density at radius 3 is 2.81 bits per heavy atom. The van der Waals surface area contributed by atoms with Gasteiger partial charge < -0.3 is 5.32 Å². The van der Waals surface area contributed by atoms with Crippen LogP contribution in [0.3, 0.4) is 0 Å². The number of anilines is 1. The van der Waals surface area contributed by atoms with E-state index >= 15 is 0 Å². The predicted octanol–water partition coefficient (Wildman–Crippen LogP) is 2.34. The zero-order chi connectivity index (χ0) is 15.2. The third-order valence-electron chi connectivity index (χ3n) is 2.79. The van der Waals surface area contributed by atoms with E-state index in [2.05, 4.69) is 15.4 Å². The summed E-state index contributed by atoms with van der Waals surface area (Å²) in [7, 11) is 0. The fraction of sp³-hybridized carbons (Fsp3) is 0.286. The molecule has 0 bridgehead atoms. The van der Waals surface area contributed by atoms with Gasteiger partial charge in [0.25, 0.3) is 11.5 Å². The van der Waals surface area contributed by atoms with Gasteiger partial charge in [0.05, 0.1) is 5.02 Å². The largest absolute Gasteiger partial charge is 0.305 e. The van der Waals surface area contributed by atoms with E-state index < -0.39 is 5.91 Å². The predicted molar refractivity (Wildman–Crippen MR) is 80.6 cm³/mol. The lowest BCUT2D eigenvalue weighted by molar-refractivity contribution is 0.101. The van der Waals surface area contributed by atoms with E-state index in [9.17, 15) is 9.59 Å². The number of aryl methyl sites for hydroxylation is 1. The van der Waals surface area contributed by atoms with Gasteiger partial charge in [-0.1, -0.05) is 24.9 Å². The Balaban J connectivity index is 2.15. The van der Waals surface area contributed by atoms with Crippen molar-refractivity contribution in [1.82, 2.24) is 14.8 Å². The second-order valence-corrected chi connectivity index (χ2v) is 4.89. The van der Waals surface area contributed by atoms with Crippen molar-refractivity contribution in [2.45, 2.75) is 26.3 Å². The van der Waals surface area contributed by atoms with Gasteiger partial charge >= 0.3 is 0 Å². The topological polar surface area (TPSA) is 76.9 Å². The molecule has 2 aromatic rings. The highest BCUT2D eigenvalue weighted by Gasteiger charge is 2.10. The van der Waals surface area contributed by atoms with Gasteiger partial charge in [-0.3, -0.25) is 9.59 Å². The standard InChI is InChI=1S/C14H15ClN4O2/c1-2-3-8-19-13(20)7-5-11(18-19)14(21)17-12-6-4-10(15)9-16-12/h4-7,9H,2-3,8H2,1H3,(H,16,17,21). The average Bonchev–Trinajstić information content (AvgIpc) is 2.48. The summed E-state index contributed by atoms with van der Waals surface area (Å²) >= 11 is 5.73. The Kier molecular flexibility index (Phi) is 5.05. The molecule has 21 heavy (non-hydrogen) atoms. The summed E-state index contributed by atoms with van der Waals surface area (Å²) in [6.07, 6.45) is 3.21. The Morgan fingerprint density at radius 2 is 2.14 bits per heavy atom. The number of amides is 1. The fourth-order valence-electron chi connectivity index (χ4n) is 1.67. The van der Waals surface area contributed by atoms with Crippen molar-refractivity contribution in [3.05, 3.63) is 51.5 Å². The van der Waals surface area contributed by atoms with Gasteiger partial charge in [0.1, 0.15) is 11.5 Å². The van der Waals surface area contributed by atoms with Crippen molar-refractivity contribution in [3.63, 3.8) is 0 Å². The summed E-state index contributed by atoms with van der Waals surface area (Å²) in [5.74, 6) is -0.0485. The summed E-state index contributed by atoms with van der Waals surface area (Å²) in [5.41, 5.74) is -0.0490. The number of nitrogens with zero attached hydrogens (tertiary/aromatic N) is 3. The van der Waals surface area contributed by atoms with Crippen LogP contribution in [0.25, 0.3) is 0 Å². The molecule has 1 amide bonds. The molecule has 6 nitrogen and oxygen atoms in total. The molecule has 0 radical (unpaired) electrons. The van der Waals surface area contributed by atoms with E-state index in [1.165, 1.54) is 23.0 Å². The van der Waals surface area contributed by atoms with E-state index in [0.717, 1.165) is 12.8 Å². The smallest absolute Gasteiger partial charge is 0.277 e. The van der Waals surface area contributed by atoms with E-state index in [-0.39, 0.29) is 11.3 Å². The molecule has 0 aliphatic rings. The van der Waals surface area contributed by atoms with Crippen molar-refractivity contribution in [3.8, 4) is 0 Å². The summed E-state index contributed by atoms with van der Waals surface area (Å²) in [6, 6.07) is 5.95. The zero-order valence-corrected chi connectivity index (χ0v) is 12.3. The van der Waals surface area contributed by atoms with E-state index in [4.69, 9.17) is 11.6 Å². The number of hydrogen-bond donors (Lipinski definition) is 1. The first kappa shape index (κ1) is 15.2. The number of halogens is 1. The van der Waals surface area contributed by atoms with Crippen LogP contribution in [0.1, 0.15) is 30.3 Å². The average molecular weight is 307 g/mol. The molecule has 1 N–H and O–H groups in total. The van der Waals surface area contributed by atoms with Crippen LogP contribution in [-0.4, -0.2) is 20.7 Å². The molecule has 0 saturated carbocycles. The molecule has 2 rings (SSSR count). The maximum Gasteiger partial charge on any atom is 0.277 e. The maximum absolute atomic E-state index is 12.1. The van der Waals surface area contributed by atoms with Crippen LogP contribution in [0.5, 0.6) is 0 Å². The number of carbonyl (C=O) groups excluding carboxylic acids is 1. The molecule has 0 fully saturated rings. The van der Waals surface area contributed by atoms with E-state index in [1.54, 1.807) is 12.1 Å². The van der Waals surface area contributed by atoms with Gasteiger partial charge in [-0.2, -0.15) is 5.10 Å². The minimum atomic E-state index is -0.421. The van der Waals surface area contributed by atoms with Crippen LogP contribution < -0.4 is 10.9 Å². The van der Waals surface area contributed by atoms with Crippen LogP contribution >= 0.6 is 11.6 Å². The third-order valence-corrected chi connectivity index (χ3v) is 3.02. The molecular weight excluding hydrogens is 292 g/mol. The van der Waals surface area contributed by atoms with E-state index in [0.29, 0.717) is 17.4 Å². The molecule has 0 atom stereocenters. The van der Waals surface area contributed by atoms with Gasteiger partial charge in [0.15, 0.2) is 0 Å². The summed E-state index contributed by atoms with van der Waals surface area (Å²) in [4.78, 5) is 27.7. The molecule has 2 heterocycles. The molecule has 0 unspecified atom stereocenters. The molecule has 0 aliphatic heterocycles. The second-order valence-electron chi connectivity index (χ2n) is 4.45. The Labute approximate surface area is 126 Å². The molecule has 2 aromatic heterocycles. The van der Waals surface area contributed by atoms with Crippen molar-refractivity contribution >= 4 is 23.3 Å². The number of nitrogens with one attached hydrogen (secondary N) is 1. The third kappa shape index (κ3) is 4.13. The highest BCUT2D eigenvalue weighted by molar-refractivity contribution is 6.30. The molecule has 7 heteroatoms. The first-order valence-electron chi connectivity index (χ1n) is 6.61. The lowest BCUT2D eigenvalue weighted by Gasteiger charge is -2.07. The van der Waals surface area contributed by atoms with Crippen LogP contribution in [-0.2, 0) is 6.54 Å². The van der Waals surface area contributed by atoms with Gasteiger partial charge in [-0.05, 0) is 24.6 Å². The highest BCUT2D eigenvalue weighted by Crippen LogP contribution is 2.10. The lowest BCUT2D eigenvalue weighted by Crippen LogP contribution is -2.26. The van der Waals surface area contributed by atoms with Crippen molar-refractivity contribution in [1.29, 1.82) is 0 Å². The quantitative estimate of drug-likeness (QED) is 0.920. The minimum absolute atomic E-state index is 0.169. The number of aromatic nitrogens is 3. The van der Waals surface area contributed by atoms with Gasteiger partial charge in [0.2, 0.25) is 0 Å². The SMILES string of the molecule is CCCCn1nc(C(=O)Nc2ccc(Cl)cn2)ccc1=O. The Morgan fingerprint density at radius 1 is 1.33 bits per heavy atom. The summed E-state index contributed by atoms with van der Waals surface area (Å²) in [6.45, 7) is 2.52. The molecule has 0 aromatic carbocycles. The Hall–Kier alpha value is -2.21. The number of pyridine rings is 1. The Bertz CT molecular complexity index is 682. The maximum atomic E-state index is 12.1. The summed E-state index contributed by atoms with van der Waals surface area (Å²) in [5, 5.41) is 7.15. The zero-order valence-electron chi connectivity index (χ0n) is 11.5. The molecule has 0 saturated heterocycles. The normalized spacial score (nSPS) is 10.4. The van der Waals surface area contributed by atoms with Crippen molar-refractivity contribution in [2.24, 2.45) is 0 Å². The fourth-order valence-corrected chi connectivity index (χ4v) is 1.78. The van der Waals surface area contributed by atoms with Gasteiger partial charge in [-0.15, -0.1) is 0 Å². The highest BCUT2D eigenvalue weighted by atomic mass is 35.5. The van der Waals surface area contributed by atoms with Crippen molar-refractivity contribution in [2.75, 3.05) is 5.32 Å². The van der Waals surface area contributed by atoms with E-state index in [1.807, 2.05) is 6.92 Å². The van der Waals surface area contributed by atoms with Crippen LogP contribution in [0, 0.1) is 0 Å². The summed E-state index contributed by atoms with van der Waals surface area (Å²) < 4.78 is 1.30. The molecule has 0 aliphatic carbocycles. The number of unbranched alkanes of at least 4 members (excludes halogenated alkanes) is 1. The second kappa shape index (κ2) is 6.99. The van der Waals surface area contributed by atoms with Crippen LogP contribution in [0.15, 0.2) is 35.3 Å². The van der Waals surface area contributed by atoms with Gasteiger partial charge in [-0.25, -0.2) is 9.67 Å². The number of hydrogen-bond acceptors (Lipinski definition) is 4. The number of carbonyl (C=O) groups is 1. The van der Waals surface area contributed by atoms with Crippen LogP contribution in [0.2, 0.25) is 5.02 Å². The first-order valence-corrected chi connectivity index (χ1v) is 6.99. The monoisotopic (exact) mass is 306 g/mol. The molecule has 0 spiro atoms. The lowest BCUT2D eigenvalue weighted by atomic mass is 10.3. The van der Waals surface area contributed by atoms with Gasteiger partial charge in [0, 0.05) is 18.8 Å². The minimum Gasteiger partial charge on any atom is -0.305 e. The number of rotatable bonds is 5. The van der Waals surface area contributed by atoms with Crippen LogP contribution in [0.4, 0.5) is 5.82 Å². The van der Waals surface area contributed by atoms with Crippen molar-refractivity contribution < 1.29 is 4.79 Å². The first-order chi connectivity index (χ1) is 10.1.